The summed E-state index contributed by atoms with van der Waals surface area (Å²) in [6, 6.07) is -0.167. The molecule has 132 valence electrons. The molecule has 3 amide bonds. The molecule has 1 aromatic rings. The van der Waals surface area contributed by atoms with E-state index in [2.05, 4.69) is 26.0 Å². The number of methoxy groups -OCH3 is 2. The highest BCUT2D eigenvalue weighted by Gasteiger charge is 2.24. The number of halogens is 2. The van der Waals surface area contributed by atoms with Crippen molar-refractivity contribution in [2.45, 2.75) is 4.90 Å². The fourth-order valence-electron chi connectivity index (χ4n) is 1.58. The number of hydrogen-bond acceptors (Lipinski definition) is 6. The second-order valence-corrected chi connectivity index (χ2v) is 7.11. The Morgan fingerprint density at radius 1 is 1.33 bits per heavy atom. The van der Waals surface area contributed by atoms with Gasteiger partial charge in [0.05, 0.1) is 30.6 Å². The van der Waals surface area contributed by atoms with E-state index in [-0.39, 0.29) is 15.1 Å². The van der Waals surface area contributed by atoms with Gasteiger partial charge in [0, 0.05) is 12.3 Å². The maximum atomic E-state index is 14.2. The Morgan fingerprint density at radius 3 is 2.46 bits per heavy atom. The van der Waals surface area contributed by atoms with Crippen LogP contribution in [-0.4, -0.2) is 40.8 Å². The molecule has 0 saturated carbocycles. The summed E-state index contributed by atoms with van der Waals surface area (Å²) in [6.07, 6.45) is 2.87. The molecule has 0 fully saturated rings. The number of benzene rings is 1. The van der Waals surface area contributed by atoms with E-state index in [1.54, 1.807) is 0 Å². The van der Waals surface area contributed by atoms with Gasteiger partial charge >= 0.3 is 6.03 Å². The third-order valence-corrected chi connectivity index (χ3v) is 4.38. The van der Waals surface area contributed by atoms with E-state index in [1.165, 1.54) is 14.2 Å². The zero-order valence-electron chi connectivity index (χ0n) is 12.8. The van der Waals surface area contributed by atoms with E-state index in [1.807, 2.05) is 5.32 Å². The first-order chi connectivity index (χ1) is 11.1. The Balaban J connectivity index is 3.17. The SMILES string of the molecule is CO/C=C/C(=O)NC(=O)Nc1cc(S(C)(=O)=O)c(OC)c(Br)c1F. The van der Waals surface area contributed by atoms with E-state index >= 15 is 0 Å². The van der Waals surface area contributed by atoms with E-state index in [4.69, 9.17) is 4.74 Å². The Bertz CT molecular complexity index is 794. The first kappa shape index (κ1) is 19.9. The third kappa shape index (κ3) is 4.93. The summed E-state index contributed by atoms with van der Waals surface area (Å²) in [5.41, 5.74) is -0.455. The quantitative estimate of drug-likeness (QED) is 0.423. The van der Waals surface area contributed by atoms with Gasteiger partial charge in [0.1, 0.15) is 4.90 Å². The van der Waals surface area contributed by atoms with Gasteiger partial charge in [-0.15, -0.1) is 0 Å². The molecule has 0 aliphatic rings. The maximum Gasteiger partial charge on any atom is 0.326 e. The molecule has 24 heavy (non-hydrogen) atoms. The number of urea groups is 1. The molecule has 0 aromatic heterocycles. The van der Waals surface area contributed by atoms with E-state index in [9.17, 15) is 22.4 Å². The second kappa shape index (κ2) is 8.11. The van der Waals surface area contributed by atoms with Crippen molar-refractivity contribution in [2.24, 2.45) is 0 Å². The Labute approximate surface area is 146 Å². The summed E-state index contributed by atoms with van der Waals surface area (Å²) < 4.78 is 46.9. The molecule has 0 bridgehead atoms. The van der Waals surface area contributed by atoms with Crippen molar-refractivity contribution in [3.05, 3.63) is 28.7 Å². The van der Waals surface area contributed by atoms with Gasteiger partial charge in [-0.1, -0.05) is 0 Å². The lowest BCUT2D eigenvalue weighted by Gasteiger charge is -2.14. The highest BCUT2D eigenvalue weighted by molar-refractivity contribution is 9.10. The summed E-state index contributed by atoms with van der Waals surface area (Å²) in [4.78, 5) is 22.7. The van der Waals surface area contributed by atoms with Crippen LogP contribution in [0.25, 0.3) is 0 Å². The molecule has 1 aromatic carbocycles. The molecule has 0 spiro atoms. The number of carbonyl (C=O) groups excluding carboxylic acids is 2. The molecule has 0 atom stereocenters. The summed E-state index contributed by atoms with van der Waals surface area (Å²) in [5, 5.41) is 3.93. The van der Waals surface area contributed by atoms with Gasteiger partial charge in [-0.05, 0) is 22.0 Å². The van der Waals surface area contributed by atoms with Crippen LogP contribution in [0.5, 0.6) is 5.75 Å². The topological polar surface area (TPSA) is 111 Å². The number of nitrogens with one attached hydrogen (secondary N) is 2. The largest absolute Gasteiger partial charge is 0.504 e. The highest BCUT2D eigenvalue weighted by Crippen LogP contribution is 2.38. The molecule has 8 nitrogen and oxygen atoms in total. The predicted octanol–water partition coefficient (Wildman–Crippen LogP) is 1.81. The van der Waals surface area contributed by atoms with Crippen molar-refractivity contribution < 1.29 is 31.9 Å². The number of ether oxygens (including phenoxy) is 2. The van der Waals surface area contributed by atoms with Gasteiger partial charge in [-0.2, -0.15) is 0 Å². The normalized spacial score (nSPS) is 11.2. The molecule has 11 heteroatoms. The van der Waals surface area contributed by atoms with E-state index < -0.39 is 33.3 Å². The average Bonchev–Trinajstić information content (AvgIpc) is 2.48. The van der Waals surface area contributed by atoms with Crippen LogP contribution < -0.4 is 15.4 Å². The fourth-order valence-corrected chi connectivity index (χ4v) is 3.15. The molecule has 1 rings (SSSR count). The van der Waals surface area contributed by atoms with Crippen molar-refractivity contribution in [3.8, 4) is 5.75 Å². The summed E-state index contributed by atoms with van der Waals surface area (Å²) >= 11 is 2.88. The van der Waals surface area contributed by atoms with Crippen molar-refractivity contribution >= 4 is 43.4 Å². The lowest BCUT2D eigenvalue weighted by molar-refractivity contribution is -0.115. The number of hydrogen-bond donors (Lipinski definition) is 2. The molecular formula is C13H14BrFN2O6S. The second-order valence-electron chi connectivity index (χ2n) is 4.34. The maximum absolute atomic E-state index is 14.2. The van der Waals surface area contributed by atoms with Crippen molar-refractivity contribution in [3.63, 3.8) is 0 Å². The van der Waals surface area contributed by atoms with Crippen LogP contribution in [0.1, 0.15) is 0 Å². The van der Waals surface area contributed by atoms with Gasteiger partial charge in [0.15, 0.2) is 21.4 Å². The van der Waals surface area contributed by atoms with Gasteiger partial charge in [-0.25, -0.2) is 17.6 Å². The van der Waals surface area contributed by atoms with Gasteiger partial charge in [0.2, 0.25) is 0 Å². The molecule has 2 N–H and O–H groups in total. The van der Waals surface area contributed by atoms with E-state index in [0.29, 0.717) is 0 Å². The first-order valence-corrected chi connectivity index (χ1v) is 8.87. The van der Waals surface area contributed by atoms with Gasteiger partial charge in [-0.3, -0.25) is 10.1 Å². The highest BCUT2D eigenvalue weighted by atomic mass is 79.9. The van der Waals surface area contributed by atoms with Crippen LogP contribution >= 0.6 is 15.9 Å². The van der Waals surface area contributed by atoms with Crippen molar-refractivity contribution in [1.29, 1.82) is 0 Å². The van der Waals surface area contributed by atoms with Crippen LogP contribution in [0.3, 0.4) is 0 Å². The number of amides is 3. The molecule has 0 saturated heterocycles. The number of anilines is 1. The van der Waals surface area contributed by atoms with Crippen LogP contribution in [0.15, 0.2) is 27.8 Å². The molecular weight excluding hydrogens is 411 g/mol. The van der Waals surface area contributed by atoms with Crippen LogP contribution in [0.2, 0.25) is 0 Å². The zero-order chi connectivity index (χ0) is 18.5. The monoisotopic (exact) mass is 424 g/mol. The third-order valence-electron chi connectivity index (χ3n) is 2.57. The fraction of sp³-hybridized carbons (Fsp3) is 0.231. The zero-order valence-corrected chi connectivity index (χ0v) is 15.2. The van der Waals surface area contributed by atoms with Crippen molar-refractivity contribution in [2.75, 3.05) is 25.8 Å². The minimum absolute atomic E-state index is 0.236. The molecule has 0 heterocycles. The first-order valence-electron chi connectivity index (χ1n) is 6.19. The van der Waals surface area contributed by atoms with Gasteiger partial charge in [0.25, 0.3) is 5.91 Å². The minimum Gasteiger partial charge on any atom is -0.504 e. The molecule has 0 aliphatic carbocycles. The molecule has 0 radical (unpaired) electrons. The number of carbonyl (C=O) groups is 2. The standard InChI is InChI=1S/C13H14BrFN2O6S/c1-22-5-4-9(18)17-13(19)16-7-6-8(24(3,20)21)12(23-2)10(14)11(7)15/h4-6H,1-3H3,(H2,16,17,18,19)/b5-4+. The van der Waals surface area contributed by atoms with E-state index in [0.717, 1.165) is 24.7 Å². The minimum atomic E-state index is -3.77. The van der Waals surface area contributed by atoms with Crippen LogP contribution in [0.4, 0.5) is 14.9 Å². The van der Waals surface area contributed by atoms with Gasteiger partial charge < -0.3 is 14.8 Å². The van der Waals surface area contributed by atoms with Crippen LogP contribution in [0, 0.1) is 5.82 Å². The lowest BCUT2D eigenvalue weighted by atomic mass is 10.3. The number of sulfone groups is 1. The summed E-state index contributed by atoms with van der Waals surface area (Å²) in [5.74, 6) is -2.01. The average molecular weight is 425 g/mol. The Kier molecular flexibility index (Phi) is 6.72. The molecule has 0 aliphatic heterocycles. The Morgan fingerprint density at radius 2 is 1.96 bits per heavy atom. The predicted molar refractivity (Wildman–Crippen MR) is 87.1 cm³/mol. The van der Waals surface area contributed by atoms with Crippen LogP contribution in [-0.2, 0) is 19.4 Å². The number of imide groups is 1. The van der Waals surface area contributed by atoms with Crippen molar-refractivity contribution in [1.82, 2.24) is 5.32 Å². The summed E-state index contributed by atoms with van der Waals surface area (Å²) in [7, 11) is -1.28. The summed E-state index contributed by atoms with van der Waals surface area (Å²) in [6.45, 7) is 0. The smallest absolute Gasteiger partial charge is 0.326 e. The number of rotatable bonds is 5. The lowest BCUT2D eigenvalue weighted by Crippen LogP contribution is -2.33. The molecule has 0 unspecified atom stereocenters. The Hall–Kier alpha value is -2.14.